The third-order valence-corrected chi connectivity index (χ3v) is 3.39. The van der Waals surface area contributed by atoms with Crippen LogP contribution in [0, 0.1) is 0 Å². The van der Waals surface area contributed by atoms with Crippen molar-refractivity contribution in [1.29, 1.82) is 0 Å². The summed E-state index contributed by atoms with van der Waals surface area (Å²) < 4.78 is 0. The van der Waals surface area contributed by atoms with Crippen LogP contribution in [0.5, 0.6) is 0 Å². The molecule has 94 valence electrons. The lowest BCUT2D eigenvalue weighted by molar-refractivity contribution is 0.788. The van der Waals surface area contributed by atoms with Gasteiger partial charge in [-0.25, -0.2) is 9.97 Å². The lowest BCUT2D eigenvalue weighted by Gasteiger charge is -2.04. The predicted molar refractivity (Wildman–Crippen MR) is 76.6 cm³/mol. The fourth-order valence-electron chi connectivity index (χ4n) is 1.68. The van der Waals surface area contributed by atoms with Gasteiger partial charge in [0.15, 0.2) is 5.82 Å². The van der Waals surface area contributed by atoms with Crippen LogP contribution in [0.2, 0.25) is 0 Å². The molecular formula is C14H17N3S. The van der Waals surface area contributed by atoms with Crippen LogP contribution < -0.4 is 5.32 Å². The van der Waals surface area contributed by atoms with Gasteiger partial charge in [-0.3, -0.25) is 0 Å². The summed E-state index contributed by atoms with van der Waals surface area (Å²) in [4.78, 5) is 10.1. The van der Waals surface area contributed by atoms with Crippen molar-refractivity contribution in [1.82, 2.24) is 15.3 Å². The van der Waals surface area contributed by atoms with Gasteiger partial charge < -0.3 is 5.32 Å². The minimum atomic E-state index is 0.763. The summed E-state index contributed by atoms with van der Waals surface area (Å²) >= 11 is 1.84. The van der Waals surface area contributed by atoms with E-state index in [-0.39, 0.29) is 0 Å². The van der Waals surface area contributed by atoms with Crippen LogP contribution in [0.25, 0.3) is 11.4 Å². The third-order valence-electron chi connectivity index (χ3n) is 2.49. The van der Waals surface area contributed by atoms with Crippen molar-refractivity contribution < 1.29 is 0 Å². The smallest absolute Gasteiger partial charge is 0.159 e. The summed E-state index contributed by atoms with van der Waals surface area (Å²) in [7, 11) is 1.92. The van der Waals surface area contributed by atoms with E-state index in [0.717, 1.165) is 29.4 Å². The highest BCUT2D eigenvalue weighted by Gasteiger charge is 2.02. The first-order valence-electron chi connectivity index (χ1n) is 6.03. The lowest BCUT2D eigenvalue weighted by atomic mass is 10.2. The van der Waals surface area contributed by atoms with Crippen LogP contribution in [0.3, 0.4) is 0 Å². The molecule has 0 atom stereocenters. The SMILES string of the molecule is CCSc1ccc(-c2nccc(CNC)n2)cc1. The highest BCUT2D eigenvalue weighted by molar-refractivity contribution is 7.99. The zero-order valence-corrected chi connectivity index (χ0v) is 11.5. The fraction of sp³-hybridized carbons (Fsp3) is 0.286. The number of aromatic nitrogens is 2. The van der Waals surface area contributed by atoms with E-state index >= 15 is 0 Å². The summed E-state index contributed by atoms with van der Waals surface area (Å²) in [5.41, 5.74) is 2.07. The maximum atomic E-state index is 4.53. The lowest BCUT2D eigenvalue weighted by Crippen LogP contribution is -2.07. The van der Waals surface area contributed by atoms with Crippen molar-refractivity contribution in [3.8, 4) is 11.4 Å². The first-order chi connectivity index (χ1) is 8.83. The van der Waals surface area contributed by atoms with Crippen LogP contribution >= 0.6 is 11.8 Å². The Morgan fingerprint density at radius 1 is 1.17 bits per heavy atom. The Balaban J connectivity index is 2.22. The first-order valence-corrected chi connectivity index (χ1v) is 7.02. The van der Waals surface area contributed by atoms with E-state index in [1.165, 1.54) is 4.90 Å². The summed E-state index contributed by atoms with van der Waals surface area (Å²) in [5, 5.41) is 3.09. The Morgan fingerprint density at radius 3 is 2.61 bits per heavy atom. The molecule has 2 rings (SSSR count). The molecular weight excluding hydrogens is 242 g/mol. The van der Waals surface area contributed by atoms with Crippen LogP contribution in [0.1, 0.15) is 12.6 Å². The minimum Gasteiger partial charge on any atom is -0.314 e. The van der Waals surface area contributed by atoms with Crippen molar-refractivity contribution >= 4 is 11.8 Å². The van der Waals surface area contributed by atoms with E-state index in [1.807, 2.05) is 31.1 Å². The van der Waals surface area contributed by atoms with Crippen molar-refractivity contribution in [3.05, 3.63) is 42.2 Å². The zero-order valence-electron chi connectivity index (χ0n) is 10.7. The number of nitrogens with zero attached hydrogens (tertiary/aromatic N) is 2. The topological polar surface area (TPSA) is 37.8 Å². The van der Waals surface area contributed by atoms with Gasteiger partial charge in [-0.2, -0.15) is 0 Å². The third kappa shape index (κ3) is 3.31. The maximum absolute atomic E-state index is 4.53. The standard InChI is InChI=1S/C14H17N3S/c1-3-18-13-6-4-11(5-7-13)14-16-9-8-12(17-14)10-15-2/h4-9,15H,3,10H2,1-2H3. The molecule has 3 nitrogen and oxygen atoms in total. The number of nitrogens with one attached hydrogen (secondary N) is 1. The van der Waals surface area contributed by atoms with Gasteiger partial charge in [0.2, 0.25) is 0 Å². The number of hydrogen-bond acceptors (Lipinski definition) is 4. The summed E-state index contributed by atoms with van der Waals surface area (Å²) in [6.45, 7) is 2.92. The Bertz CT molecular complexity index is 497. The van der Waals surface area contributed by atoms with Gasteiger partial charge in [-0.05, 0) is 31.0 Å². The highest BCUT2D eigenvalue weighted by atomic mass is 32.2. The van der Waals surface area contributed by atoms with Crippen molar-refractivity contribution in [2.24, 2.45) is 0 Å². The molecule has 0 unspecified atom stereocenters. The molecule has 0 fully saturated rings. The fourth-order valence-corrected chi connectivity index (χ4v) is 2.34. The number of benzene rings is 1. The van der Waals surface area contributed by atoms with Crippen LogP contribution in [0.4, 0.5) is 0 Å². The monoisotopic (exact) mass is 259 g/mol. The van der Waals surface area contributed by atoms with Gasteiger partial charge in [0.05, 0.1) is 5.69 Å². The first kappa shape index (κ1) is 13.1. The largest absolute Gasteiger partial charge is 0.314 e. The molecule has 0 radical (unpaired) electrons. The quantitative estimate of drug-likeness (QED) is 0.838. The summed E-state index contributed by atoms with van der Waals surface area (Å²) in [5.74, 6) is 1.88. The molecule has 1 N–H and O–H groups in total. The maximum Gasteiger partial charge on any atom is 0.159 e. The molecule has 0 aliphatic carbocycles. The molecule has 4 heteroatoms. The van der Waals surface area contributed by atoms with Crippen LogP contribution in [-0.2, 0) is 6.54 Å². The van der Waals surface area contributed by atoms with E-state index < -0.39 is 0 Å². The molecule has 1 aromatic carbocycles. The van der Waals surface area contributed by atoms with Gasteiger partial charge in [0.1, 0.15) is 0 Å². The molecule has 18 heavy (non-hydrogen) atoms. The second-order valence-electron chi connectivity index (χ2n) is 3.86. The minimum absolute atomic E-state index is 0.763. The average Bonchev–Trinajstić information content (AvgIpc) is 2.41. The number of hydrogen-bond donors (Lipinski definition) is 1. The van der Waals surface area contributed by atoms with E-state index in [9.17, 15) is 0 Å². The Morgan fingerprint density at radius 2 is 1.94 bits per heavy atom. The Hall–Kier alpha value is -1.39. The van der Waals surface area contributed by atoms with Gasteiger partial charge >= 0.3 is 0 Å². The van der Waals surface area contributed by atoms with Gasteiger partial charge in [-0.15, -0.1) is 11.8 Å². The van der Waals surface area contributed by atoms with Crippen molar-refractivity contribution in [3.63, 3.8) is 0 Å². The van der Waals surface area contributed by atoms with Gasteiger partial charge in [0.25, 0.3) is 0 Å². The van der Waals surface area contributed by atoms with Gasteiger partial charge in [0, 0.05) is 23.2 Å². The summed E-state index contributed by atoms with van der Waals surface area (Å²) in [6, 6.07) is 10.3. The zero-order chi connectivity index (χ0) is 12.8. The molecule has 0 saturated heterocycles. The van der Waals surface area contributed by atoms with E-state index in [1.54, 1.807) is 0 Å². The molecule has 0 amide bonds. The molecule has 1 heterocycles. The molecule has 0 bridgehead atoms. The molecule has 0 aliphatic heterocycles. The number of rotatable bonds is 5. The molecule has 1 aromatic heterocycles. The number of thioether (sulfide) groups is 1. The van der Waals surface area contributed by atoms with E-state index in [0.29, 0.717) is 0 Å². The van der Waals surface area contributed by atoms with Crippen molar-refractivity contribution in [2.75, 3.05) is 12.8 Å². The highest BCUT2D eigenvalue weighted by Crippen LogP contribution is 2.21. The normalized spacial score (nSPS) is 10.6. The second kappa shape index (κ2) is 6.52. The Kier molecular flexibility index (Phi) is 4.73. The molecule has 0 saturated carbocycles. The van der Waals surface area contributed by atoms with E-state index in [2.05, 4.69) is 46.5 Å². The average molecular weight is 259 g/mol. The second-order valence-corrected chi connectivity index (χ2v) is 5.20. The van der Waals surface area contributed by atoms with Gasteiger partial charge in [-0.1, -0.05) is 19.1 Å². The Labute approximate surface area is 112 Å². The van der Waals surface area contributed by atoms with E-state index in [4.69, 9.17) is 0 Å². The molecule has 0 aliphatic rings. The van der Waals surface area contributed by atoms with Crippen LogP contribution in [0.15, 0.2) is 41.4 Å². The summed E-state index contributed by atoms with van der Waals surface area (Å²) in [6.07, 6.45) is 1.81. The van der Waals surface area contributed by atoms with Crippen molar-refractivity contribution in [2.45, 2.75) is 18.4 Å². The predicted octanol–water partition coefficient (Wildman–Crippen LogP) is 2.98. The molecule has 2 aromatic rings. The van der Waals surface area contributed by atoms with Crippen LogP contribution in [-0.4, -0.2) is 22.8 Å². The molecule has 0 spiro atoms.